The molecule has 4 rings (SSSR count). The number of benzene rings is 2. The van der Waals surface area contributed by atoms with Crippen molar-refractivity contribution < 1.29 is 5.11 Å². The Labute approximate surface area is 195 Å². The fourth-order valence-electron chi connectivity index (χ4n) is 3.84. The summed E-state index contributed by atoms with van der Waals surface area (Å²) in [4.78, 5) is 18.5. The third kappa shape index (κ3) is 7.05. The van der Waals surface area contributed by atoms with Gasteiger partial charge in [0.1, 0.15) is 5.75 Å². The van der Waals surface area contributed by atoms with E-state index < -0.39 is 0 Å². The molecule has 0 amide bonds. The molecule has 0 bridgehead atoms. The van der Waals surface area contributed by atoms with Crippen LogP contribution < -0.4 is 15.5 Å². The molecule has 3 aromatic rings. The molecule has 8 heteroatoms. The Kier molecular flexibility index (Phi) is 7.92. The summed E-state index contributed by atoms with van der Waals surface area (Å²) in [5.41, 5.74) is 2.40. The Balaban J connectivity index is 1.38. The van der Waals surface area contributed by atoms with E-state index in [0.29, 0.717) is 24.4 Å². The van der Waals surface area contributed by atoms with Gasteiger partial charge < -0.3 is 25.5 Å². The van der Waals surface area contributed by atoms with Gasteiger partial charge in [0.15, 0.2) is 0 Å². The SMILES string of the molecule is CN1CCN(c2nc(NCCCc3ccccc3)nc(NCCc3cccc(O)c3)n2)CC1. The number of aromatic hydroxyl groups is 1. The molecule has 2 aromatic carbocycles. The Hall–Kier alpha value is -3.39. The van der Waals surface area contributed by atoms with Gasteiger partial charge in [-0.2, -0.15) is 15.0 Å². The molecule has 1 aliphatic rings. The molecule has 1 saturated heterocycles. The monoisotopic (exact) mass is 447 g/mol. The van der Waals surface area contributed by atoms with Crippen LogP contribution in [0, 0.1) is 0 Å². The zero-order valence-corrected chi connectivity index (χ0v) is 19.2. The Morgan fingerprint density at radius 1 is 0.788 bits per heavy atom. The lowest BCUT2D eigenvalue weighted by Gasteiger charge is -2.32. The molecule has 1 aliphatic heterocycles. The standard InChI is InChI=1S/C25H33N7O/c1-31-15-17-32(18-16-31)25-29-23(26-13-6-10-20-7-3-2-4-8-20)28-24(30-25)27-14-12-21-9-5-11-22(33)19-21/h2-5,7-9,11,19,33H,6,10,12-18H2,1H3,(H2,26,27,28,29,30). The van der Waals surface area contributed by atoms with Crippen molar-refractivity contribution in [3.8, 4) is 5.75 Å². The molecule has 0 spiro atoms. The van der Waals surface area contributed by atoms with Gasteiger partial charge in [0.25, 0.3) is 0 Å². The van der Waals surface area contributed by atoms with E-state index in [2.05, 4.69) is 56.7 Å². The molecule has 174 valence electrons. The summed E-state index contributed by atoms with van der Waals surface area (Å²) in [7, 11) is 2.14. The summed E-state index contributed by atoms with van der Waals surface area (Å²) in [5, 5.41) is 16.4. The third-order valence-corrected chi connectivity index (χ3v) is 5.79. The summed E-state index contributed by atoms with van der Waals surface area (Å²) in [6.07, 6.45) is 2.78. The van der Waals surface area contributed by atoms with E-state index in [-0.39, 0.29) is 5.75 Å². The van der Waals surface area contributed by atoms with Gasteiger partial charge in [0, 0.05) is 39.3 Å². The zero-order valence-electron chi connectivity index (χ0n) is 19.2. The number of likely N-dealkylation sites (N-methyl/N-ethyl adjacent to an activating group) is 1. The van der Waals surface area contributed by atoms with Crippen molar-refractivity contribution in [2.24, 2.45) is 0 Å². The first-order valence-corrected chi connectivity index (χ1v) is 11.6. The molecule has 2 heterocycles. The first kappa shape index (κ1) is 22.8. The van der Waals surface area contributed by atoms with Gasteiger partial charge in [-0.1, -0.05) is 42.5 Å². The van der Waals surface area contributed by atoms with E-state index in [1.807, 2.05) is 18.2 Å². The Morgan fingerprint density at radius 3 is 2.21 bits per heavy atom. The van der Waals surface area contributed by atoms with Crippen LogP contribution >= 0.6 is 0 Å². The van der Waals surface area contributed by atoms with Crippen LogP contribution in [0.15, 0.2) is 54.6 Å². The molecule has 1 fully saturated rings. The molecule has 0 aliphatic carbocycles. The predicted octanol–water partition coefficient (Wildman–Crippen LogP) is 3.03. The lowest BCUT2D eigenvalue weighted by molar-refractivity contribution is 0.311. The molecule has 0 saturated carbocycles. The smallest absolute Gasteiger partial charge is 0.232 e. The summed E-state index contributed by atoms with van der Waals surface area (Å²) < 4.78 is 0. The van der Waals surface area contributed by atoms with Crippen LogP contribution in [0.3, 0.4) is 0 Å². The van der Waals surface area contributed by atoms with Crippen LogP contribution in [-0.2, 0) is 12.8 Å². The normalized spacial score (nSPS) is 14.3. The van der Waals surface area contributed by atoms with Gasteiger partial charge in [-0.05, 0) is 49.6 Å². The molecule has 33 heavy (non-hydrogen) atoms. The lowest BCUT2D eigenvalue weighted by atomic mass is 10.1. The molecule has 0 radical (unpaired) electrons. The van der Waals surface area contributed by atoms with E-state index in [1.54, 1.807) is 12.1 Å². The minimum Gasteiger partial charge on any atom is -0.508 e. The number of rotatable bonds is 10. The predicted molar refractivity (Wildman–Crippen MR) is 133 cm³/mol. The summed E-state index contributed by atoms with van der Waals surface area (Å²) in [5.74, 6) is 2.17. The Bertz CT molecular complexity index is 1010. The summed E-state index contributed by atoms with van der Waals surface area (Å²) >= 11 is 0. The number of nitrogens with one attached hydrogen (secondary N) is 2. The van der Waals surface area contributed by atoms with Gasteiger partial charge in [0.2, 0.25) is 17.8 Å². The van der Waals surface area contributed by atoms with Gasteiger partial charge in [-0.15, -0.1) is 0 Å². The molecular formula is C25H33N7O. The van der Waals surface area contributed by atoms with Crippen molar-refractivity contribution >= 4 is 17.8 Å². The topological polar surface area (TPSA) is 89.4 Å². The van der Waals surface area contributed by atoms with Crippen LogP contribution in [0.5, 0.6) is 5.75 Å². The number of phenols is 1. The number of hydrogen-bond donors (Lipinski definition) is 3. The third-order valence-electron chi connectivity index (χ3n) is 5.79. The maximum Gasteiger partial charge on any atom is 0.232 e. The molecule has 8 nitrogen and oxygen atoms in total. The van der Waals surface area contributed by atoms with Crippen molar-refractivity contribution in [1.29, 1.82) is 0 Å². The summed E-state index contributed by atoms with van der Waals surface area (Å²) in [6.45, 7) is 5.25. The van der Waals surface area contributed by atoms with Crippen LogP contribution in [0.2, 0.25) is 0 Å². The van der Waals surface area contributed by atoms with Crippen LogP contribution in [0.1, 0.15) is 17.5 Å². The number of aromatic nitrogens is 3. The highest BCUT2D eigenvalue weighted by Crippen LogP contribution is 2.16. The Morgan fingerprint density at radius 2 is 1.48 bits per heavy atom. The number of aryl methyl sites for hydroxylation is 1. The lowest BCUT2D eigenvalue weighted by Crippen LogP contribution is -2.45. The van der Waals surface area contributed by atoms with Crippen molar-refractivity contribution in [1.82, 2.24) is 19.9 Å². The second-order valence-corrected chi connectivity index (χ2v) is 8.44. The van der Waals surface area contributed by atoms with Crippen molar-refractivity contribution in [2.75, 3.05) is 61.8 Å². The number of anilines is 3. The quantitative estimate of drug-likeness (QED) is 0.409. The highest BCUT2D eigenvalue weighted by Gasteiger charge is 2.18. The number of piperazine rings is 1. The molecular weight excluding hydrogens is 414 g/mol. The van der Waals surface area contributed by atoms with Crippen LogP contribution in [-0.4, -0.2) is 71.3 Å². The van der Waals surface area contributed by atoms with E-state index in [4.69, 9.17) is 9.97 Å². The van der Waals surface area contributed by atoms with E-state index >= 15 is 0 Å². The molecule has 0 unspecified atom stereocenters. The highest BCUT2D eigenvalue weighted by atomic mass is 16.3. The number of hydrogen-bond acceptors (Lipinski definition) is 8. The second-order valence-electron chi connectivity index (χ2n) is 8.44. The first-order valence-electron chi connectivity index (χ1n) is 11.6. The van der Waals surface area contributed by atoms with Gasteiger partial charge >= 0.3 is 0 Å². The van der Waals surface area contributed by atoms with Crippen LogP contribution in [0.25, 0.3) is 0 Å². The van der Waals surface area contributed by atoms with Gasteiger partial charge in [-0.3, -0.25) is 0 Å². The van der Waals surface area contributed by atoms with E-state index in [9.17, 15) is 5.11 Å². The first-order chi connectivity index (χ1) is 16.2. The highest BCUT2D eigenvalue weighted by molar-refractivity contribution is 5.44. The second kappa shape index (κ2) is 11.5. The van der Waals surface area contributed by atoms with Crippen molar-refractivity contribution in [3.05, 3.63) is 65.7 Å². The number of phenolic OH excluding ortho intramolecular Hbond substituents is 1. The average molecular weight is 448 g/mol. The minimum atomic E-state index is 0.284. The van der Waals surface area contributed by atoms with Crippen molar-refractivity contribution in [2.45, 2.75) is 19.3 Å². The molecule has 0 atom stereocenters. The van der Waals surface area contributed by atoms with Crippen molar-refractivity contribution in [3.63, 3.8) is 0 Å². The molecule has 1 aromatic heterocycles. The van der Waals surface area contributed by atoms with Gasteiger partial charge in [0.05, 0.1) is 0 Å². The summed E-state index contributed by atoms with van der Waals surface area (Å²) in [6, 6.07) is 17.8. The fourth-order valence-corrected chi connectivity index (χ4v) is 3.84. The minimum absolute atomic E-state index is 0.284. The molecule has 3 N–H and O–H groups in total. The maximum atomic E-state index is 9.67. The zero-order chi connectivity index (χ0) is 22.9. The largest absolute Gasteiger partial charge is 0.508 e. The van der Waals surface area contributed by atoms with E-state index in [0.717, 1.165) is 57.5 Å². The average Bonchev–Trinajstić information content (AvgIpc) is 2.83. The maximum absolute atomic E-state index is 9.67. The van der Waals surface area contributed by atoms with Crippen LogP contribution in [0.4, 0.5) is 17.8 Å². The van der Waals surface area contributed by atoms with E-state index in [1.165, 1.54) is 5.56 Å². The number of nitrogens with zero attached hydrogens (tertiary/aromatic N) is 5. The fraction of sp³-hybridized carbons (Fsp3) is 0.400. The van der Waals surface area contributed by atoms with Gasteiger partial charge in [-0.25, -0.2) is 0 Å².